The molecule has 1 aromatic heterocycles. The van der Waals surface area contributed by atoms with Crippen molar-refractivity contribution < 1.29 is 14.6 Å². The Hall–Kier alpha value is -1.44. The maximum Gasteiger partial charge on any atom is 0.271 e. The maximum absolute atomic E-state index is 12.3. The third kappa shape index (κ3) is 3.42. The summed E-state index contributed by atoms with van der Waals surface area (Å²) in [4.78, 5) is 16.4. The molecule has 1 amide bonds. The van der Waals surface area contributed by atoms with Crippen molar-refractivity contribution in [3.63, 3.8) is 0 Å². The first-order chi connectivity index (χ1) is 10.2. The number of ether oxygens (including phenoxy) is 1. The van der Waals surface area contributed by atoms with Crippen molar-refractivity contribution in [2.45, 2.75) is 25.0 Å². The summed E-state index contributed by atoms with van der Waals surface area (Å²) in [7, 11) is 0. The highest BCUT2D eigenvalue weighted by atomic mass is 16.5. The van der Waals surface area contributed by atoms with Gasteiger partial charge in [0, 0.05) is 51.6 Å². The molecule has 7 heteroatoms. The van der Waals surface area contributed by atoms with Gasteiger partial charge in [-0.25, -0.2) is 0 Å². The fourth-order valence-electron chi connectivity index (χ4n) is 3.13. The standard InChI is InChI=1S/C14H22N4O3/c19-12-9-17(11-2-7-21-8-3-11)5-6-18(10-12)14(20)13-1-4-15-16-13/h1,4,11-12,19H,2-3,5-10H2,(H,15,16). The number of aromatic amines is 1. The first kappa shape index (κ1) is 14.5. The second-order valence-electron chi connectivity index (χ2n) is 5.71. The average Bonchev–Trinajstić information content (AvgIpc) is 2.97. The molecule has 2 N–H and O–H groups in total. The van der Waals surface area contributed by atoms with E-state index in [9.17, 15) is 9.90 Å². The van der Waals surface area contributed by atoms with E-state index in [1.807, 2.05) is 0 Å². The quantitative estimate of drug-likeness (QED) is 0.783. The second-order valence-corrected chi connectivity index (χ2v) is 5.71. The molecule has 0 aliphatic carbocycles. The predicted molar refractivity (Wildman–Crippen MR) is 75.9 cm³/mol. The number of rotatable bonds is 2. The van der Waals surface area contributed by atoms with Crippen LogP contribution < -0.4 is 0 Å². The fourth-order valence-corrected chi connectivity index (χ4v) is 3.13. The van der Waals surface area contributed by atoms with Gasteiger partial charge in [0.25, 0.3) is 5.91 Å². The SMILES string of the molecule is O=C(c1ccn[nH]1)N1CCN(C2CCOCC2)CC(O)C1. The van der Waals surface area contributed by atoms with Crippen molar-refractivity contribution >= 4 is 5.91 Å². The van der Waals surface area contributed by atoms with Gasteiger partial charge in [-0.15, -0.1) is 0 Å². The van der Waals surface area contributed by atoms with Crippen LogP contribution in [0.2, 0.25) is 0 Å². The molecule has 3 heterocycles. The average molecular weight is 294 g/mol. The van der Waals surface area contributed by atoms with Gasteiger partial charge >= 0.3 is 0 Å². The number of hydrogen-bond acceptors (Lipinski definition) is 5. The molecule has 116 valence electrons. The van der Waals surface area contributed by atoms with Crippen LogP contribution >= 0.6 is 0 Å². The zero-order valence-corrected chi connectivity index (χ0v) is 12.1. The van der Waals surface area contributed by atoms with Gasteiger partial charge in [-0.2, -0.15) is 5.10 Å². The summed E-state index contributed by atoms with van der Waals surface area (Å²) >= 11 is 0. The molecule has 7 nitrogen and oxygen atoms in total. The molecule has 2 aliphatic rings. The minimum absolute atomic E-state index is 0.0969. The summed E-state index contributed by atoms with van der Waals surface area (Å²) in [6.07, 6.45) is 3.06. The molecule has 2 fully saturated rings. The molecule has 2 saturated heterocycles. The number of hydrogen-bond donors (Lipinski definition) is 2. The first-order valence-electron chi connectivity index (χ1n) is 7.52. The van der Waals surface area contributed by atoms with E-state index >= 15 is 0 Å². The van der Waals surface area contributed by atoms with Crippen molar-refractivity contribution in [3.8, 4) is 0 Å². The Labute approximate surface area is 123 Å². The Kier molecular flexibility index (Phi) is 4.52. The third-order valence-corrected chi connectivity index (χ3v) is 4.26. The molecule has 1 atom stereocenters. The van der Waals surface area contributed by atoms with Crippen LogP contribution in [0.3, 0.4) is 0 Å². The van der Waals surface area contributed by atoms with Crippen LogP contribution in [0, 0.1) is 0 Å². The van der Waals surface area contributed by atoms with Crippen LogP contribution in [0.5, 0.6) is 0 Å². The molecule has 1 unspecified atom stereocenters. The topological polar surface area (TPSA) is 81.7 Å². The van der Waals surface area contributed by atoms with Crippen molar-refractivity contribution in [2.24, 2.45) is 0 Å². The number of aliphatic hydroxyl groups is 1. The van der Waals surface area contributed by atoms with Crippen molar-refractivity contribution in [2.75, 3.05) is 39.4 Å². The number of carbonyl (C=O) groups is 1. The number of aliphatic hydroxyl groups excluding tert-OH is 1. The molecule has 0 aromatic carbocycles. The van der Waals surface area contributed by atoms with Gasteiger partial charge in [-0.1, -0.05) is 0 Å². The van der Waals surface area contributed by atoms with E-state index in [2.05, 4.69) is 15.1 Å². The minimum Gasteiger partial charge on any atom is -0.390 e. The lowest BCUT2D eigenvalue weighted by atomic mass is 10.1. The van der Waals surface area contributed by atoms with E-state index in [-0.39, 0.29) is 5.91 Å². The molecule has 0 bridgehead atoms. The summed E-state index contributed by atoms with van der Waals surface area (Å²) in [6.45, 7) is 3.99. The highest BCUT2D eigenvalue weighted by molar-refractivity contribution is 5.92. The van der Waals surface area contributed by atoms with E-state index in [0.29, 0.717) is 31.4 Å². The van der Waals surface area contributed by atoms with Gasteiger partial charge in [-0.05, 0) is 18.9 Å². The Morgan fingerprint density at radius 1 is 1.33 bits per heavy atom. The molecule has 0 saturated carbocycles. The number of β-amino-alcohol motifs (C(OH)–C–C–N with tert-alkyl or cyclic N) is 1. The summed E-state index contributed by atoms with van der Waals surface area (Å²) in [5.41, 5.74) is 0.474. The monoisotopic (exact) mass is 294 g/mol. The van der Waals surface area contributed by atoms with Gasteiger partial charge in [0.05, 0.1) is 6.10 Å². The number of nitrogens with zero attached hydrogens (tertiary/aromatic N) is 3. The minimum atomic E-state index is -0.512. The van der Waals surface area contributed by atoms with Crippen LogP contribution in [-0.2, 0) is 4.74 Å². The van der Waals surface area contributed by atoms with E-state index in [4.69, 9.17) is 4.74 Å². The van der Waals surface area contributed by atoms with Gasteiger partial charge in [0.1, 0.15) is 5.69 Å². The zero-order chi connectivity index (χ0) is 14.7. The summed E-state index contributed by atoms with van der Waals surface area (Å²) < 4.78 is 5.39. The van der Waals surface area contributed by atoms with Crippen molar-refractivity contribution in [1.29, 1.82) is 0 Å². The lowest BCUT2D eigenvalue weighted by Crippen LogP contribution is -2.43. The van der Waals surface area contributed by atoms with Crippen LogP contribution in [-0.4, -0.2) is 82.5 Å². The van der Waals surface area contributed by atoms with Crippen LogP contribution in [0.25, 0.3) is 0 Å². The maximum atomic E-state index is 12.3. The summed E-state index contributed by atoms with van der Waals surface area (Å²) in [6, 6.07) is 2.12. The third-order valence-electron chi connectivity index (χ3n) is 4.26. The molecular formula is C14H22N4O3. The van der Waals surface area contributed by atoms with E-state index in [0.717, 1.165) is 32.6 Å². The lowest BCUT2D eigenvalue weighted by molar-refractivity contribution is 0.0217. The largest absolute Gasteiger partial charge is 0.390 e. The van der Waals surface area contributed by atoms with Crippen LogP contribution in [0.15, 0.2) is 12.3 Å². The molecule has 0 radical (unpaired) electrons. The molecule has 1 aromatic rings. The van der Waals surface area contributed by atoms with E-state index < -0.39 is 6.10 Å². The fraction of sp³-hybridized carbons (Fsp3) is 0.714. The summed E-state index contributed by atoms with van der Waals surface area (Å²) in [5.74, 6) is -0.0969. The van der Waals surface area contributed by atoms with Gasteiger partial charge in [0.2, 0.25) is 0 Å². The van der Waals surface area contributed by atoms with Gasteiger partial charge < -0.3 is 14.7 Å². The smallest absolute Gasteiger partial charge is 0.271 e. The Morgan fingerprint density at radius 3 is 2.86 bits per heavy atom. The number of amides is 1. The highest BCUT2D eigenvalue weighted by Gasteiger charge is 2.29. The zero-order valence-electron chi connectivity index (χ0n) is 12.1. The predicted octanol–water partition coefficient (Wildman–Crippen LogP) is -0.293. The molecular weight excluding hydrogens is 272 g/mol. The van der Waals surface area contributed by atoms with E-state index in [1.54, 1.807) is 17.2 Å². The summed E-state index contributed by atoms with van der Waals surface area (Å²) in [5, 5.41) is 16.7. The molecule has 0 spiro atoms. The Morgan fingerprint density at radius 2 is 2.14 bits per heavy atom. The normalized spacial score (nSPS) is 25.8. The number of H-pyrrole nitrogens is 1. The number of nitrogens with one attached hydrogen (secondary N) is 1. The van der Waals surface area contributed by atoms with E-state index in [1.165, 1.54) is 0 Å². The second kappa shape index (κ2) is 6.55. The Bertz CT molecular complexity index is 459. The number of aromatic nitrogens is 2. The molecule has 3 rings (SSSR count). The van der Waals surface area contributed by atoms with Crippen molar-refractivity contribution in [3.05, 3.63) is 18.0 Å². The highest BCUT2D eigenvalue weighted by Crippen LogP contribution is 2.17. The number of carbonyl (C=O) groups excluding carboxylic acids is 1. The molecule has 21 heavy (non-hydrogen) atoms. The molecule has 2 aliphatic heterocycles. The van der Waals surface area contributed by atoms with Gasteiger partial charge in [0.15, 0.2) is 0 Å². The van der Waals surface area contributed by atoms with Crippen LogP contribution in [0.1, 0.15) is 23.3 Å². The van der Waals surface area contributed by atoms with Crippen molar-refractivity contribution in [1.82, 2.24) is 20.0 Å². The lowest BCUT2D eigenvalue weighted by Gasteiger charge is -2.33. The van der Waals surface area contributed by atoms with Gasteiger partial charge in [-0.3, -0.25) is 14.8 Å². The van der Waals surface area contributed by atoms with Crippen LogP contribution in [0.4, 0.5) is 0 Å². The first-order valence-corrected chi connectivity index (χ1v) is 7.52. The Balaban J connectivity index is 1.63.